The van der Waals surface area contributed by atoms with Crippen molar-refractivity contribution in [3.05, 3.63) is 58.9 Å². The molecule has 0 radical (unpaired) electrons. The van der Waals surface area contributed by atoms with Gasteiger partial charge in [-0.15, -0.1) is 0 Å². The number of carbonyl (C=O) groups is 1. The average molecular weight is 450 g/mol. The van der Waals surface area contributed by atoms with Crippen molar-refractivity contribution < 1.29 is 9.53 Å². The normalized spacial score (nSPS) is 20.1. The third-order valence-electron chi connectivity index (χ3n) is 7.13. The Hall–Kier alpha value is -2.40. The molecule has 5 heteroatoms. The lowest BCUT2D eigenvalue weighted by Gasteiger charge is -2.38. The van der Waals surface area contributed by atoms with Gasteiger partial charge in [0.1, 0.15) is 5.75 Å². The number of carbonyl (C=O) groups excluding carboxylic acids is 1. The van der Waals surface area contributed by atoms with Gasteiger partial charge in [-0.05, 0) is 80.3 Å². The molecule has 1 aliphatic carbocycles. The van der Waals surface area contributed by atoms with E-state index in [2.05, 4.69) is 27.3 Å². The second-order valence-electron chi connectivity index (χ2n) is 10.7. The van der Waals surface area contributed by atoms with Crippen molar-refractivity contribution in [2.24, 2.45) is 11.3 Å². The summed E-state index contributed by atoms with van der Waals surface area (Å²) in [5.41, 5.74) is 4.76. The lowest BCUT2D eigenvalue weighted by Crippen LogP contribution is -2.45. The van der Waals surface area contributed by atoms with Gasteiger partial charge in [0.2, 0.25) is 5.91 Å². The van der Waals surface area contributed by atoms with Gasteiger partial charge in [0.25, 0.3) is 0 Å². The molecule has 1 amide bonds. The Labute approximate surface area is 198 Å². The number of hydrogen-bond acceptors (Lipinski definition) is 4. The molecular formula is C28H39N3O2. The minimum Gasteiger partial charge on any atom is -0.496 e. The Morgan fingerprint density at radius 2 is 1.94 bits per heavy atom. The maximum Gasteiger partial charge on any atom is 0.225 e. The molecule has 0 unspecified atom stereocenters. The van der Waals surface area contributed by atoms with Crippen molar-refractivity contribution in [2.45, 2.75) is 71.9 Å². The molecule has 1 fully saturated rings. The predicted octanol–water partition coefficient (Wildman–Crippen LogP) is 5.08. The topological polar surface area (TPSA) is 54.5 Å². The number of benzene rings is 1. The van der Waals surface area contributed by atoms with Crippen LogP contribution in [0.5, 0.6) is 5.75 Å². The number of amides is 1. The molecule has 33 heavy (non-hydrogen) atoms. The summed E-state index contributed by atoms with van der Waals surface area (Å²) in [7, 11) is 1.78. The number of nitrogens with one attached hydrogen (secondary N) is 1. The van der Waals surface area contributed by atoms with E-state index in [1.807, 2.05) is 45.2 Å². The van der Waals surface area contributed by atoms with Gasteiger partial charge in [-0.1, -0.05) is 32.9 Å². The molecule has 1 aromatic carbocycles. The van der Waals surface area contributed by atoms with Crippen LogP contribution in [0.4, 0.5) is 0 Å². The smallest absolute Gasteiger partial charge is 0.225 e. The van der Waals surface area contributed by atoms with Gasteiger partial charge < -0.3 is 10.1 Å². The predicted molar refractivity (Wildman–Crippen MR) is 132 cm³/mol. The van der Waals surface area contributed by atoms with Crippen LogP contribution < -0.4 is 10.1 Å². The SMILES string of the molecule is COc1cc2c(cc1CN1CCC[C@H]([C@H](NC(=O)C(C)(C)C)c3ccccn3)C1)CCCC2. The summed E-state index contributed by atoms with van der Waals surface area (Å²) in [6.07, 6.45) is 8.93. The summed E-state index contributed by atoms with van der Waals surface area (Å²) < 4.78 is 5.79. The van der Waals surface area contributed by atoms with Gasteiger partial charge >= 0.3 is 0 Å². The van der Waals surface area contributed by atoms with E-state index in [4.69, 9.17) is 4.74 Å². The van der Waals surface area contributed by atoms with Gasteiger partial charge in [-0.25, -0.2) is 0 Å². The number of pyridine rings is 1. The number of piperidine rings is 1. The zero-order chi connectivity index (χ0) is 23.4. The van der Waals surface area contributed by atoms with Crippen LogP contribution in [0.25, 0.3) is 0 Å². The van der Waals surface area contributed by atoms with E-state index in [0.29, 0.717) is 5.92 Å². The van der Waals surface area contributed by atoms with Gasteiger partial charge in [0.05, 0.1) is 18.8 Å². The van der Waals surface area contributed by atoms with E-state index >= 15 is 0 Å². The minimum absolute atomic E-state index is 0.0756. The number of nitrogens with zero attached hydrogens (tertiary/aromatic N) is 2. The monoisotopic (exact) mass is 449 g/mol. The first kappa shape index (κ1) is 23.7. The quantitative estimate of drug-likeness (QED) is 0.668. The molecule has 2 aliphatic rings. The molecule has 0 saturated carbocycles. The highest BCUT2D eigenvalue weighted by molar-refractivity contribution is 5.81. The Balaban J connectivity index is 1.53. The fraction of sp³-hybridized carbons (Fsp3) is 0.571. The molecule has 2 atom stereocenters. The second kappa shape index (κ2) is 10.3. The largest absolute Gasteiger partial charge is 0.496 e. The average Bonchev–Trinajstić information content (AvgIpc) is 2.82. The molecule has 5 nitrogen and oxygen atoms in total. The summed E-state index contributed by atoms with van der Waals surface area (Å²) in [6, 6.07) is 10.6. The first-order valence-corrected chi connectivity index (χ1v) is 12.5. The molecule has 0 bridgehead atoms. The van der Waals surface area contributed by atoms with Crippen molar-refractivity contribution in [3.8, 4) is 5.75 Å². The molecule has 2 aromatic rings. The highest BCUT2D eigenvalue weighted by atomic mass is 16.5. The Kier molecular flexibility index (Phi) is 7.38. The van der Waals surface area contributed by atoms with Gasteiger partial charge in [-0.3, -0.25) is 14.7 Å². The highest BCUT2D eigenvalue weighted by Crippen LogP contribution is 2.34. The lowest BCUT2D eigenvalue weighted by atomic mass is 9.86. The minimum atomic E-state index is -0.433. The first-order valence-electron chi connectivity index (χ1n) is 12.5. The first-order chi connectivity index (χ1) is 15.8. The van der Waals surface area contributed by atoms with Gasteiger partial charge in [0, 0.05) is 30.3 Å². The number of ether oxygens (including phenoxy) is 1. The van der Waals surface area contributed by atoms with Gasteiger partial charge in [-0.2, -0.15) is 0 Å². The van der Waals surface area contributed by atoms with Crippen LogP contribution in [-0.4, -0.2) is 36.0 Å². The van der Waals surface area contributed by atoms with Crippen molar-refractivity contribution >= 4 is 5.91 Å². The maximum atomic E-state index is 12.9. The highest BCUT2D eigenvalue weighted by Gasteiger charge is 2.33. The fourth-order valence-corrected chi connectivity index (χ4v) is 5.23. The molecule has 1 aromatic heterocycles. The molecule has 4 rings (SSSR count). The maximum absolute atomic E-state index is 12.9. The van der Waals surface area contributed by atoms with E-state index in [1.165, 1.54) is 36.0 Å². The van der Waals surface area contributed by atoms with Crippen molar-refractivity contribution in [3.63, 3.8) is 0 Å². The van der Waals surface area contributed by atoms with Crippen molar-refractivity contribution in [1.29, 1.82) is 0 Å². The Morgan fingerprint density at radius 3 is 2.61 bits per heavy atom. The van der Waals surface area contributed by atoms with Gasteiger partial charge in [0.15, 0.2) is 0 Å². The number of methoxy groups -OCH3 is 1. The van der Waals surface area contributed by atoms with Crippen molar-refractivity contribution in [2.75, 3.05) is 20.2 Å². The third-order valence-corrected chi connectivity index (χ3v) is 7.13. The van der Waals surface area contributed by atoms with E-state index in [0.717, 1.165) is 50.3 Å². The van der Waals surface area contributed by atoms with Crippen LogP contribution in [-0.2, 0) is 24.2 Å². The standard InChI is InChI=1S/C28H39N3O2/c1-28(2,3)27(32)30-26(24-13-7-8-14-29-24)22-12-9-15-31(18-22)19-23-16-20-10-5-6-11-21(20)17-25(23)33-4/h7-8,13-14,16-17,22,26H,5-6,9-12,15,18-19H2,1-4H3,(H,30,32)/t22-,26-/m0/s1. The van der Waals surface area contributed by atoms with E-state index < -0.39 is 5.41 Å². The van der Waals surface area contributed by atoms with Crippen molar-refractivity contribution in [1.82, 2.24) is 15.2 Å². The number of fused-ring (bicyclic) bond motifs is 1. The van der Waals surface area contributed by atoms with Crippen LogP contribution in [0.1, 0.15) is 74.9 Å². The van der Waals surface area contributed by atoms with Crippen LogP contribution >= 0.6 is 0 Å². The van der Waals surface area contributed by atoms with Crippen LogP contribution in [0, 0.1) is 11.3 Å². The zero-order valence-electron chi connectivity index (χ0n) is 20.7. The van der Waals surface area contributed by atoms with E-state index in [9.17, 15) is 4.79 Å². The molecule has 1 N–H and O–H groups in total. The molecule has 2 heterocycles. The number of aryl methyl sites for hydroxylation is 2. The lowest BCUT2D eigenvalue weighted by molar-refractivity contribution is -0.130. The molecule has 1 saturated heterocycles. The molecule has 1 aliphatic heterocycles. The van der Waals surface area contributed by atoms with Crippen LogP contribution in [0.2, 0.25) is 0 Å². The molecule has 0 spiro atoms. The molecule has 178 valence electrons. The summed E-state index contributed by atoms with van der Waals surface area (Å²) >= 11 is 0. The Bertz CT molecular complexity index is 952. The molecular weight excluding hydrogens is 410 g/mol. The summed E-state index contributed by atoms with van der Waals surface area (Å²) in [5, 5.41) is 3.34. The van der Waals surface area contributed by atoms with Crippen LogP contribution in [0.15, 0.2) is 36.5 Å². The number of rotatable bonds is 6. The number of likely N-dealkylation sites (tertiary alicyclic amines) is 1. The second-order valence-corrected chi connectivity index (χ2v) is 10.7. The van der Waals surface area contributed by atoms with E-state index in [1.54, 1.807) is 7.11 Å². The summed E-state index contributed by atoms with van der Waals surface area (Å²) in [5.74, 6) is 1.41. The van der Waals surface area contributed by atoms with Crippen LogP contribution in [0.3, 0.4) is 0 Å². The third kappa shape index (κ3) is 5.75. The zero-order valence-corrected chi connectivity index (χ0v) is 20.7. The summed E-state index contributed by atoms with van der Waals surface area (Å²) in [6.45, 7) is 8.79. The fourth-order valence-electron chi connectivity index (χ4n) is 5.23. The number of hydrogen-bond donors (Lipinski definition) is 1. The number of aromatic nitrogens is 1. The Morgan fingerprint density at radius 1 is 1.18 bits per heavy atom. The summed E-state index contributed by atoms with van der Waals surface area (Å²) in [4.78, 5) is 20.1. The van der Waals surface area contributed by atoms with E-state index in [-0.39, 0.29) is 11.9 Å².